The minimum absolute atomic E-state index is 0.135. The van der Waals surface area contributed by atoms with Gasteiger partial charge in [0.05, 0.1) is 5.56 Å². The molecule has 0 radical (unpaired) electrons. The average Bonchev–Trinajstić information content (AvgIpc) is 2.45. The van der Waals surface area contributed by atoms with Crippen molar-refractivity contribution in [3.05, 3.63) is 35.1 Å². The summed E-state index contributed by atoms with van der Waals surface area (Å²) in [6.07, 6.45) is 2.29. The van der Waals surface area contributed by atoms with Crippen LogP contribution in [0, 0.1) is 23.1 Å². The molecule has 0 aliphatic carbocycles. The predicted octanol–water partition coefficient (Wildman–Crippen LogP) is 3.96. The molecule has 0 fully saturated rings. The summed E-state index contributed by atoms with van der Waals surface area (Å²) in [6.45, 7) is 8.94. The third kappa shape index (κ3) is 4.33. The standard InChI is InChI=1S/C16H23FN2/c1-4-13(5-2)11-19(6-3)12-15-9-7-8-14(10-18)16(15)17/h7-9,13H,4-6,11-12H2,1-3H3. The Morgan fingerprint density at radius 1 is 1.26 bits per heavy atom. The van der Waals surface area contributed by atoms with Crippen LogP contribution in [0.1, 0.15) is 44.7 Å². The first-order valence-electron chi connectivity index (χ1n) is 7.05. The first kappa shape index (κ1) is 15.7. The summed E-state index contributed by atoms with van der Waals surface area (Å²) >= 11 is 0. The van der Waals surface area contributed by atoms with Crippen molar-refractivity contribution in [3.8, 4) is 6.07 Å². The molecule has 0 aromatic heterocycles. The highest BCUT2D eigenvalue weighted by Crippen LogP contribution is 2.17. The molecule has 0 atom stereocenters. The molecule has 0 spiro atoms. The van der Waals surface area contributed by atoms with Crippen LogP contribution in [0.5, 0.6) is 0 Å². The van der Waals surface area contributed by atoms with Gasteiger partial charge in [-0.15, -0.1) is 0 Å². The molecule has 0 heterocycles. The molecule has 3 heteroatoms. The first-order chi connectivity index (χ1) is 9.15. The Labute approximate surface area is 115 Å². The van der Waals surface area contributed by atoms with Gasteiger partial charge < -0.3 is 0 Å². The molecule has 0 aliphatic heterocycles. The van der Waals surface area contributed by atoms with Crippen LogP contribution >= 0.6 is 0 Å². The molecule has 0 bridgehead atoms. The molecule has 0 unspecified atom stereocenters. The molecule has 19 heavy (non-hydrogen) atoms. The van der Waals surface area contributed by atoms with Gasteiger partial charge in [-0.25, -0.2) is 4.39 Å². The molecule has 0 aliphatic rings. The van der Waals surface area contributed by atoms with Gasteiger partial charge in [-0.2, -0.15) is 5.26 Å². The number of halogens is 1. The van der Waals surface area contributed by atoms with Crippen molar-refractivity contribution >= 4 is 0 Å². The number of rotatable bonds is 7. The number of nitrogens with zero attached hydrogens (tertiary/aromatic N) is 2. The number of nitriles is 1. The number of hydrogen-bond donors (Lipinski definition) is 0. The highest BCUT2D eigenvalue weighted by Gasteiger charge is 2.14. The maximum Gasteiger partial charge on any atom is 0.145 e. The van der Waals surface area contributed by atoms with Crippen molar-refractivity contribution in [1.29, 1.82) is 5.26 Å². The van der Waals surface area contributed by atoms with Gasteiger partial charge in [-0.1, -0.05) is 45.7 Å². The lowest BCUT2D eigenvalue weighted by molar-refractivity contribution is 0.223. The lowest BCUT2D eigenvalue weighted by atomic mass is 10.0. The molecule has 1 aromatic rings. The zero-order valence-electron chi connectivity index (χ0n) is 12.1. The highest BCUT2D eigenvalue weighted by molar-refractivity contribution is 5.34. The smallest absolute Gasteiger partial charge is 0.145 e. The van der Waals surface area contributed by atoms with Crippen LogP contribution in [0.3, 0.4) is 0 Å². The van der Waals surface area contributed by atoms with E-state index in [2.05, 4.69) is 25.7 Å². The van der Waals surface area contributed by atoms with Gasteiger partial charge in [-0.05, 0) is 18.5 Å². The van der Waals surface area contributed by atoms with Crippen LogP contribution in [-0.4, -0.2) is 18.0 Å². The highest BCUT2D eigenvalue weighted by atomic mass is 19.1. The minimum atomic E-state index is -0.368. The van der Waals surface area contributed by atoms with Gasteiger partial charge >= 0.3 is 0 Å². The van der Waals surface area contributed by atoms with Crippen molar-refractivity contribution in [2.45, 2.75) is 40.2 Å². The van der Waals surface area contributed by atoms with Gasteiger partial charge in [0.2, 0.25) is 0 Å². The zero-order chi connectivity index (χ0) is 14.3. The van der Waals surface area contributed by atoms with E-state index in [1.807, 2.05) is 6.07 Å². The van der Waals surface area contributed by atoms with E-state index in [0.29, 0.717) is 18.0 Å². The Bertz CT molecular complexity index is 433. The topological polar surface area (TPSA) is 27.0 Å². The van der Waals surface area contributed by atoms with E-state index in [1.165, 1.54) is 6.07 Å². The second-order valence-electron chi connectivity index (χ2n) is 4.90. The monoisotopic (exact) mass is 262 g/mol. The van der Waals surface area contributed by atoms with Gasteiger partial charge in [0, 0.05) is 18.7 Å². The van der Waals surface area contributed by atoms with Crippen LogP contribution in [0.4, 0.5) is 4.39 Å². The van der Waals surface area contributed by atoms with E-state index >= 15 is 0 Å². The molecule has 0 saturated heterocycles. The fraction of sp³-hybridized carbons (Fsp3) is 0.562. The van der Waals surface area contributed by atoms with E-state index in [0.717, 1.165) is 25.9 Å². The van der Waals surface area contributed by atoms with Crippen molar-refractivity contribution in [2.24, 2.45) is 5.92 Å². The lowest BCUT2D eigenvalue weighted by Gasteiger charge is -2.25. The Balaban J connectivity index is 2.79. The maximum atomic E-state index is 14.0. The van der Waals surface area contributed by atoms with Gasteiger partial charge in [0.25, 0.3) is 0 Å². The summed E-state index contributed by atoms with van der Waals surface area (Å²) in [4.78, 5) is 2.25. The largest absolute Gasteiger partial charge is 0.299 e. The second kappa shape index (κ2) is 7.91. The lowest BCUT2D eigenvalue weighted by Crippen LogP contribution is -2.29. The third-order valence-corrected chi connectivity index (χ3v) is 3.71. The van der Waals surface area contributed by atoms with Gasteiger partial charge in [-0.3, -0.25) is 4.90 Å². The van der Waals surface area contributed by atoms with Crippen molar-refractivity contribution in [3.63, 3.8) is 0 Å². The van der Waals surface area contributed by atoms with E-state index in [9.17, 15) is 4.39 Å². The molecule has 0 N–H and O–H groups in total. The maximum absolute atomic E-state index is 14.0. The summed E-state index contributed by atoms with van der Waals surface area (Å²) in [5.41, 5.74) is 0.753. The second-order valence-corrected chi connectivity index (χ2v) is 4.90. The molecule has 0 amide bonds. The van der Waals surface area contributed by atoms with Crippen LogP contribution in [0.2, 0.25) is 0 Å². The molecule has 104 valence electrons. The summed E-state index contributed by atoms with van der Waals surface area (Å²) in [5.74, 6) is 0.287. The zero-order valence-corrected chi connectivity index (χ0v) is 12.1. The number of hydrogen-bond acceptors (Lipinski definition) is 2. The van der Waals surface area contributed by atoms with E-state index in [1.54, 1.807) is 12.1 Å². The molecule has 0 saturated carbocycles. The Hall–Kier alpha value is -1.40. The molecule has 1 rings (SSSR count). The molecular weight excluding hydrogens is 239 g/mol. The van der Waals surface area contributed by atoms with Gasteiger partial charge in [0.1, 0.15) is 11.9 Å². The SMILES string of the molecule is CCC(CC)CN(CC)Cc1cccc(C#N)c1F. The summed E-state index contributed by atoms with van der Waals surface area (Å²) in [5, 5.41) is 8.85. The normalized spacial score (nSPS) is 11.0. The minimum Gasteiger partial charge on any atom is -0.299 e. The molecular formula is C16H23FN2. The van der Waals surface area contributed by atoms with E-state index in [-0.39, 0.29) is 11.4 Å². The predicted molar refractivity (Wildman–Crippen MR) is 76.1 cm³/mol. The van der Waals surface area contributed by atoms with Crippen LogP contribution in [0.15, 0.2) is 18.2 Å². The van der Waals surface area contributed by atoms with Crippen molar-refractivity contribution < 1.29 is 4.39 Å². The Kier molecular flexibility index (Phi) is 6.52. The average molecular weight is 262 g/mol. The van der Waals surface area contributed by atoms with Crippen molar-refractivity contribution in [2.75, 3.05) is 13.1 Å². The fourth-order valence-electron chi connectivity index (χ4n) is 2.25. The first-order valence-corrected chi connectivity index (χ1v) is 7.05. The van der Waals surface area contributed by atoms with Crippen LogP contribution in [0.25, 0.3) is 0 Å². The fourth-order valence-corrected chi connectivity index (χ4v) is 2.25. The quantitative estimate of drug-likeness (QED) is 0.743. The Morgan fingerprint density at radius 3 is 2.47 bits per heavy atom. The number of benzene rings is 1. The van der Waals surface area contributed by atoms with E-state index in [4.69, 9.17) is 5.26 Å². The van der Waals surface area contributed by atoms with Crippen LogP contribution in [-0.2, 0) is 6.54 Å². The van der Waals surface area contributed by atoms with E-state index < -0.39 is 0 Å². The van der Waals surface area contributed by atoms with Gasteiger partial charge in [0.15, 0.2) is 0 Å². The summed E-state index contributed by atoms with van der Waals surface area (Å²) in [7, 11) is 0. The Morgan fingerprint density at radius 2 is 1.95 bits per heavy atom. The third-order valence-electron chi connectivity index (χ3n) is 3.71. The van der Waals surface area contributed by atoms with Crippen LogP contribution < -0.4 is 0 Å². The molecule has 1 aromatic carbocycles. The summed E-state index contributed by atoms with van der Waals surface area (Å²) in [6, 6.07) is 6.94. The summed E-state index contributed by atoms with van der Waals surface area (Å²) < 4.78 is 14.0. The van der Waals surface area contributed by atoms with Crippen molar-refractivity contribution in [1.82, 2.24) is 4.90 Å². The molecule has 2 nitrogen and oxygen atoms in total.